The van der Waals surface area contributed by atoms with Gasteiger partial charge in [0.1, 0.15) is 30.1 Å². The largest absolute Gasteiger partial charge is 0.486 e. The van der Waals surface area contributed by atoms with E-state index in [0.29, 0.717) is 0 Å². The third kappa shape index (κ3) is 4.81. The van der Waals surface area contributed by atoms with E-state index in [9.17, 15) is 8.78 Å². The topological polar surface area (TPSA) is 59.0 Å². The van der Waals surface area contributed by atoms with Crippen LogP contribution in [-0.4, -0.2) is 13.2 Å². The van der Waals surface area contributed by atoms with Crippen molar-refractivity contribution in [1.29, 1.82) is 5.26 Å². The van der Waals surface area contributed by atoms with E-state index in [2.05, 4.69) is 0 Å². The minimum atomic E-state index is -0.691. The van der Waals surface area contributed by atoms with E-state index in [1.807, 2.05) is 0 Å². The number of nitrogens with two attached hydrogens (primary N) is 1. The minimum Gasteiger partial charge on any atom is -0.486 e. The zero-order valence-corrected chi connectivity index (χ0v) is 9.64. The van der Waals surface area contributed by atoms with Crippen LogP contribution in [0.25, 0.3) is 0 Å². The molecule has 0 aliphatic rings. The quantitative estimate of drug-likeness (QED) is 0.904. The highest BCUT2D eigenvalue weighted by atomic mass is 35.5. The maximum atomic E-state index is 13.1. The fraction of sp³-hybridized carbons (Fsp3) is 0.182. The maximum Gasteiger partial charge on any atom is 0.144 e. The van der Waals surface area contributed by atoms with E-state index in [4.69, 9.17) is 15.7 Å². The number of rotatable bonds is 4. The van der Waals surface area contributed by atoms with E-state index in [1.165, 1.54) is 18.2 Å². The highest BCUT2D eigenvalue weighted by Gasteiger charge is 2.04. The number of hydrogen-bond acceptors (Lipinski definition) is 3. The van der Waals surface area contributed by atoms with Crippen molar-refractivity contribution < 1.29 is 13.5 Å². The Balaban J connectivity index is 0.00000256. The van der Waals surface area contributed by atoms with Crippen molar-refractivity contribution in [3.8, 4) is 11.8 Å². The van der Waals surface area contributed by atoms with Crippen LogP contribution < -0.4 is 10.5 Å². The van der Waals surface area contributed by atoms with E-state index in [-0.39, 0.29) is 36.9 Å². The third-order valence-corrected chi connectivity index (χ3v) is 1.78. The molecule has 92 valence electrons. The Kier molecular flexibility index (Phi) is 6.87. The van der Waals surface area contributed by atoms with E-state index in [1.54, 1.807) is 6.07 Å². The number of hydrogen-bond donors (Lipinski definition) is 1. The molecule has 0 saturated carbocycles. The summed E-state index contributed by atoms with van der Waals surface area (Å²) in [7, 11) is 0. The molecule has 1 aromatic rings. The molecule has 1 rings (SSSR count). The van der Waals surface area contributed by atoms with Gasteiger partial charge in [0.05, 0.1) is 5.56 Å². The molecular formula is C11H11ClF2N2O. The van der Waals surface area contributed by atoms with Crippen molar-refractivity contribution in [1.82, 2.24) is 0 Å². The van der Waals surface area contributed by atoms with Crippen molar-refractivity contribution in [2.75, 3.05) is 13.2 Å². The zero-order chi connectivity index (χ0) is 12.0. The number of benzene rings is 1. The summed E-state index contributed by atoms with van der Waals surface area (Å²) in [5, 5.41) is 8.48. The molecule has 0 aliphatic heterocycles. The summed E-state index contributed by atoms with van der Waals surface area (Å²) in [5.74, 6) is -1.05. The molecule has 3 nitrogen and oxygen atoms in total. The summed E-state index contributed by atoms with van der Waals surface area (Å²) in [6.45, 7) is -0.223. The Morgan fingerprint density at radius 2 is 2.24 bits per heavy atom. The first-order chi connectivity index (χ1) is 7.67. The van der Waals surface area contributed by atoms with Crippen molar-refractivity contribution in [3.05, 3.63) is 41.5 Å². The van der Waals surface area contributed by atoms with Crippen LogP contribution in [0, 0.1) is 17.1 Å². The van der Waals surface area contributed by atoms with Gasteiger partial charge < -0.3 is 10.5 Å². The van der Waals surface area contributed by atoms with Gasteiger partial charge in [-0.25, -0.2) is 8.78 Å². The summed E-state index contributed by atoms with van der Waals surface area (Å²) in [5.41, 5.74) is 5.01. The summed E-state index contributed by atoms with van der Waals surface area (Å²) in [6.07, 6.45) is 1.17. The van der Waals surface area contributed by atoms with Gasteiger partial charge in [-0.3, -0.25) is 0 Å². The molecule has 0 saturated heterocycles. The summed E-state index contributed by atoms with van der Waals surface area (Å²) in [4.78, 5) is 0. The lowest BCUT2D eigenvalue weighted by atomic mass is 10.2. The molecule has 0 bridgehead atoms. The molecule has 0 spiro atoms. The van der Waals surface area contributed by atoms with Crippen LogP contribution in [0.3, 0.4) is 0 Å². The normalized spacial score (nSPS) is 10.4. The molecule has 0 radical (unpaired) electrons. The second-order valence-corrected chi connectivity index (χ2v) is 2.93. The van der Waals surface area contributed by atoms with Crippen LogP contribution >= 0.6 is 12.4 Å². The molecule has 0 heterocycles. The predicted octanol–water partition coefficient (Wildman–Crippen LogP) is 2.31. The number of ether oxygens (including phenoxy) is 1. The monoisotopic (exact) mass is 260 g/mol. The van der Waals surface area contributed by atoms with Crippen molar-refractivity contribution in [2.24, 2.45) is 5.73 Å². The fourth-order valence-electron chi connectivity index (χ4n) is 1.02. The van der Waals surface area contributed by atoms with E-state index >= 15 is 0 Å². The standard InChI is InChI=1S/C11H10F2N2O.ClH/c12-9(3-4-14)7-16-10-2-1-8(6-15)11(13)5-10;/h1-3,5H,4,7,14H2;1H. The first kappa shape index (κ1) is 15.4. The first-order valence-corrected chi connectivity index (χ1v) is 4.54. The van der Waals surface area contributed by atoms with E-state index in [0.717, 1.165) is 6.07 Å². The molecule has 6 heteroatoms. The molecular weight excluding hydrogens is 250 g/mol. The maximum absolute atomic E-state index is 13.1. The second kappa shape index (κ2) is 7.60. The lowest BCUT2D eigenvalue weighted by Crippen LogP contribution is -2.02. The molecule has 2 N–H and O–H groups in total. The zero-order valence-electron chi connectivity index (χ0n) is 8.82. The molecule has 0 unspecified atom stereocenters. The summed E-state index contributed by atoms with van der Waals surface area (Å²) < 4.78 is 30.9. The summed E-state index contributed by atoms with van der Waals surface area (Å²) in [6, 6.07) is 5.38. The minimum absolute atomic E-state index is 0. The lowest BCUT2D eigenvalue weighted by Gasteiger charge is -2.04. The van der Waals surface area contributed by atoms with Crippen LogP contribution in [0.4, 0.5) is 8.78 Å². The van der Waals surface area contributed by atoms with Gasteiger partial charge in [0.2, 0.25) is 0 Å². The van der Waals surface area contributed by atoms with Crippen molar-refractivity contribution in [3.63, 3.8) is 0 Å². The van der Waals surface area contributed by atoms with Crippen molar-refractivity contribution >= 4 is 12.4 Å². The van der Waals surface area contributed by atoms with Crippen LogP contribution in [0.1, 0.15) is 5.56 Å². The number of nitrogens with zero attached hydrogens (tertiary/aromatic N) is 1. The Labute approximate surface area is 104 Å². The molecule has 17 heavy (non-hydrogen) atoms. The van der Waals surface area contributed by atoms with Crippen LogP contribution in [0.15, 0.2) is 30.1 Å². The molecule has 0 aromatic heterocycles. The molecule has 0 fully saturated rings. The van der Waals surface area contributed by atoms with Gasteiger partial charge in [-0.2, -0.15) is 5.26 Å². The first-order valence-electron chi connectivity index (χ1n) is 4.54. The SMILES string of the molecule is Cl.N#Cc1ccc(OCC(F)=CCN)cc1F. The van der Waals surface area contributed by atoms with Gasteiger partial charge >= 0.3 is 0 Å². The van der Waals surface area contributed by atoms with Crippen LogP contribution in [0.5, 0.6) is 5.75 Å². The van der Waals surface area contributed by atoms with Crippen molar-refractivity contribution in [2.45, 2.75) is 0 Å². The Bertz CT molecular complexity index is 444. The molecule has 0 atom stereocenters. The third-order valence-electron chi connectivity index (χ3n) is 1.78. The van der Waals surface area contributed by atoms with Gasteiger partial charge in [0.15, 0.2) is 0 Å². The Morgan fingerprint density at radius 1 is 1.53 bits per heavy atom. The van der Waals surface area contributed by atoms with E-state index < -0.39 is 11.6 Å². The Hall–Kier alpha value is -1.64. The highest BCUT2D eigenvalue weighted by molar-refractivity contribution is 5.85. The molecule has 1 aromatic carbocycles. The smallest absolute Gasteiger partial charge is 0.144 e. The van der Waals surface area contributed by atoms with Crippen LogP contribution in [0.2, 0.25) is 0 Å². The average molecular weight is 261 g/mol. The number of nitriles is 1. The molecule has 0 aliphatic carbocycles. The second-order valence-electron chi connectivity index (χ2n) is 2.93. The van der Waals surface area contributed by atoms with Gasteiger partial charge in [-0.1, -0.05) is 0 Å². The van der Waals surface area contributed by atoms with Gasteiger partial charge in [-0.05, 0) is 18.2 Å². The van der Waals surface area contributed by atoms with Crippen LogP contribution in [-0.2, 0) is 0 Å². The predicted molar refractivity (Wildman–Crippen MR) is 62.1 cm³/mol. The average Bonchev–Trinajstić information content (AvgIpc) is 2.27. The lowest BCUT2D eigenvalue weighted by molar-refractivity contribution is 0.316. The highest BCUT2D eigenvalue weighted by Crippen LogP contribution is 2.16. The van der Waals surface area contributed by atoms with Gasteiger partial charge in [0, 0.05) is 12.6 Å². The Morgan fingerprint density at radius 3 is 2.76 bits per heavy atom. The molecule has 0 amide bonds. The fourth-order valence-corrected chi connectivity index (χ4v) is 1.02. The number of halogens is 3. The van der Waals surface area contributed by atoms with Gasteiger partial charge in [0.25, 0.3) is 0 Å². The summed E-state index contributed by atoms with van der Waals surface area (Å²) >= 11 is 0. The van der Waals surface area contributed by atoms with Gasteiger partial charge in [-0.15, -0.1) is 12.4 Å².